The number of aromatic nitrogens is 1. The molecule has 4 heteroatoms. The van der Waals surface area contributed by atoms with Crippen LogP contribution < -0.4 is 5.32 Å². The number of H-pyrrole nitrogens is 1. The molecular formula is C15H13IN2O. The van der Waals surface area contributed by atoms with E-state index in [0.717, 1.165) is 37.3 Å². The summed E-state index contributed by atoms with van der Waals surface area (Å²) in [6, 6.07) is 7.98. The van der Waals surface area contributed by atoms with Crippen LogP contribution >= 0.6 is 22.6 Å². The molecule has 2 heterocycles. The van der Waals surface area contributed by atoms with Crippen molar-refractivity contribution in [2.75, 3.05) is 5.32 Å². The van der Waals surface area contributed by atoms with Crippen molar-refractivity contribution in [3.8, 4) is 0 Å². The lowest BCUT2D eigenvalue weighted by Crippen LogP contribution is -2.03. The number of benzene rings is 1. The normalized spacial score (nSPS) is 15.7. The maximum atomic E-state index is 12.1. The van der Waals surface area contributed by atoms with E-state index in [2.05, 4.69) is 39.0 Å². The highest BCUT2D eigenvalue weighted by atomic mass is 127. The zero-order valence-electron chi connectivity index (χ0n) is 10.7. The molecule has 1 aliphatic heterocycles. The topological polar surface area (TPSA) is 44.9 Å². The second kappa shape index (κ2) is 4.52. The molecule has 0 spiro atoms. The summed E-state index contributed by atoms with van der Waals surface area (Å²) in [6.45, 7) is 4.06. The Balaban J connectivity index is 2.17. The highest BCUT2D eigenvalue weighted by Gasteiger charge is 2.26. The van der Waals surface area contributed by atoms with E-state index in [1.807, 2.05) is 38.1 Å². The Labute approximate surface area is 125 Å². The van der Waals surface area contributed by atoms with Crippen LogP contribution in [0.3, 0.4) is 0 Å². The van der Waals surface area contributed by atoms with Gasteiger partial charge in [0.05, 0.1) is 11.3 Å². The maximum Gasteiger partial charge on any atom is 0.256 e. The van der Waals surface area contributed by atoms with E-state index in [1.165, 1.54) is 0 Å². The number of carbonyl (C=O) groups is 1. The molecule has 3 rings (SSSR count). The number of aromatic amines is 1. The van der Waals surface area contributed by atoms with Crippen LogP contribution in [-0.4, -0.2) is 10.9 Å². The van der Waals surface area contributed by atoms with Crippen LogP contribution in [0.1, 0.15) is 22.5 Å². The molecule has 96 valence electrons. The van der Waals surface area contributed by atoms with Gasteiger partial charge >= 0.3 is 0 Å². The number of hydrogen-bond donors (Lipinski definition) is 2. The van der Waals surface area contributed by atoms with E-state index >= 15 is 0 Å². The smallest absolute Gasteiger partial charge is 0.256 e. The number of halogens is 1. The number of hydrogen-bond acceptors (Lipinski definition) is 1. The number of nitrogens with one attached hydrogen (secondary N) is 2. The van der Waals surface area contributed by atoms with Gasteiger partial charge in [-0.15, -0.1) is 0 Å². The minimum absolute atomic E-state index is 0.0363. The zero-order chi connectivity index (χ0) is 13.6. The second-order valence-corrected chi connectivity index (χ2v) is 5.89. The van der Waals surface area contributed by atoms with Crippen LogP contribution in [-0.2, 0) is 4.79 Å². The average molecular weight is 364 g/mol. The molecule has 2 N–H and O–H groups in total. The molecule has 0 saturated carbocycles. The van der Waals surface area contributed by atoms with Crippen molar-refractivity contribution in [2.24, 2.45) is 0 Å². The number of anilines is 1. The van der Waals surface area contributed by atoms with Gasteiger partial charge in [0.25, 0.3) is 5.91 Å². The number of fused-ring (bicyclic) bond motifs is 1. The zero-order valence-corrected chi connectivity index (χ0v) is 12.8. The molecule has 0 radical (unpaired) electrons. The standard InChI is InChI=1S/C15H13IN2O/c1-8-6-9(2)17-13(8)7-10-14-11(16)4-3-5-12(14)18-15(10)19/h3-7,17H,1-2H3,(H,18,19). The van der Waals surface area contributed by atoms with Gasteiger partial charge in [-0.2, -0.15) is 0 Å². The molecule has 0 aliphatic carbocycles. The van der Waals surface area contributed by atoms with Crippen LogP contribution in [0.4, 0.5) is 5.69 Å². The SMILES string of the molecule is Cc1cc(C)c(C=C2C(=O)Nc3cccc(I)c32)[nH]1. The Morgan fingerprint density at radius 2 is 2.05 bits per heavy atom. The van der Waals surface area contributed by atoms with Crippen molar-refractivity contribution in [2.45, 2.75) is 13.8 Å². The second-order valence-electron chi connectivity index (χ2n) is 4.72. The summed E-state index contributed by atoms with van der Waals surface area (Å²) in [6.07, 6.45) is 1.94. The summed E-state index contributed by atoms with van der Waals surface area (Å²) in [7, 11) is 0. The van der Waals surface area contributed by atoms with Crippen molar-refractivity contribution in [3.05, 3.63) is 50.4 Å². The minimum atomic E-state index is -0.0363. The molecule has 3 nitrogen and oxygen atoms in total. The first kappa shape index (κ1) is 12.5. The molecule has 2 aromatic rings. The van der Waals surface area contributed by atoms with Gasteiger partial charge in [-0.25, -0.2) is 0 Å². The molecule has 1 aromatic heterocycles. The first-order chi connectivity index (χ1) is 9.06. The van der Waals surface area contributed by atoms with Gasteiger partial charge in [-0.1, -0.05) is 6.07 Å². The Bertz CT molecular complexity index is 713. The lowest BCUT2D eigenvalue weighted by Gasteiger charge is -2.01. The fraction of sp³-hybridized carbons (Fsp3) is 0.133. The highest BCUT2D eigenvalue weighted by molar-refractivity contribution is 14.1. The molecule has 1 amide bonds. The Morgan fingerprint density at radius 1 is 1.26 bits per heavy atom. The molecule has 1 aromatic carbocycles. The highest BCUT2D eigenvalue weighted by Crippen LogP contribution is 2.36. The van der Waals surface area contributed by atoms with Gasteiger partial charge in [0.1, 0.15) is 0 Å². The number of amides is 1. The maximum absolute atomic E-state index is 12.1. The van der Waals surface area contributed by atoms with Gasteiger partial charge < -0.3 is 10.3 Å². The third kappa shape index (κ3) is 2.10. The molecule has 0 atom stereocenters. The third-order valence-electron chi connectivity index (χ3n) is 3.25. The monoisotopic (exact) mass is 364 g/mol. The number of rotatable bonds is 1. The average Bonchev–Trinajstić information content (AvgIpc) is 2.82. The summed E-state index contributed by atoms with van der Waals surface area (Å²) >= 11 is 2.26. The van der Waals surface area contributed by atoms with Crippen molar-refractivity contribution < 1.29 is 4.79 Å². The van der Waals surface area contributed by atoms with E-state index < -0.39 is 0 Å². The first-order valence-electron chi connectivity index (χ1n) is 6.04. The molecular weight excluding hydrogens is 351 g/mol. The Hall–Kier alpha value is -1.56. The van der Waals surface area contributed by atoms with Gasteiger partial charge in [0.15, 0.2) is 0 Å². The Kier molecular flexibility index (Phi) is 2.97. The summed E-state index contributed by atoms with van der Waals surface area (Å²) in [5.41, 5.74) is 5.87. The predicted molar refractivity (Wildman–Crippen MR) is 85.9 cm³/mol. The Morgan fingerprint density at radius 3 is 2.74 bits per heavy atom. The first-order valence-corrected chi connectivity index (χ1v) is 7.12. The van der Waals surface area contributed by atoms with E-state index in [4.69, 9.17) is 0 Å². The molecule has 0 bridgehead atoms. The van der Waals surface area contributed by atoms with E-state index in [-0.39, 0.29) is 5.91 Å². The number of carbonyl (C=O) groups excluding carboxylic acids is 1. The minimum Gasteiger partial charge on any atom is -0.359 e. The van der Waals surface area contributed by atoms with E-state index in [0.29, 0.717) is 0 Å². The van der Waals surface area contributed by atoms with Gasteiger partial charge in [0.2, 0.25) is 0 Å². The van der Waals surface area contributed by atoms with E-state index in [9.17, 15) is 4.79 Å². The largest absolute Gasteiger partial charge is 0.359 e. The van der Waals surface area contributed by atoms with Crippen molar-refractivity contribution >= 4 is 45.8 Å². The summed E-state index contributed by atoms with van der Waals surface area (Å²) < 4.78 is 1.08. The fourth-order valence-electron chi connectivity index (χ4n) is 2.39. The van der Waals surface area contributed by atoms with Gasteiger partial charge in [-0.3, -0.25) is 4.79 Å². The van der Waals surface area contributed by atoms with Gasteiger partial charge in [-0.05, 0) is 66.3 Å². The summed E-state index contributed by atoms with van der Waals surface area (Å²) in [5.74, 6) is -0.0363. The lowest BCUT2D eigenvalue weighted by atomic mass is 10.1. The van der Waals surface area contributed by atoms with Crippen LogP contribution in [0, 0.1) is 17.4 Å². The molecule has 19 heavy (non-hydrogen) atoms. The van der Waals surface area contributed by atoms with Crippen LogP contribution in [0.15, 0.2) is 24.3 Å². The quantitative estimate of drug-likeness (QED) is 0.588. The molecule has 1 aliphatic rings. The lowest BCUT2D eigenvalue weighted by molar-refractivity contribution is -0.110. The van der Waals surface area contributed by atoms with Crippen molar-refractivity contribution in [1.29, 1.82) is 0 Å². The van der Waals surface area contributed by atoms with Gasteiger partial charge in [0, 0.05) is 20.5 Å². The van der Waals surface area contributed by atoms with Crippen molar-refractivity contribution in [1.82, 2.24) is 4.98 Å². The van der Waals surface area contributed by atoms with Crippen LogP contribution in [0.2, 0.25) is 0 Å². The molecule has 0 unspecified atom stereocenters. The summed E-state index contributed by atoms with van der Waals surface area (Å²) in [5, 5.41) is 2.91. The number of aryl methyl sites for hydroxylation is 2. The fourth-order valence-corrected chi connectivity index (χ4v) is 3.18. The van der Waals surface area contributed by atoms with Crippen LogP contribution in [0.5, 0.6) is 0 Å². The predicted octanol–water partition coefficient (Wildman–Crippen LogP) is 3.73. The third-order valence-corrected chi connectivity index (χ3v) is 4.15. The van der Waals surface area contributed by atoms with E-state index in [1.54, 1.807) is 0 Å². The van der Waals surface area contributed by atoms with Crippen molar-refractivity contribution in [3.63, 3.8) is 0 Å². The molecule has 0 fully saturated rings. The summed E-state index contributed by atoms with van der Waals surface area (Å²) in [4.78, 5) is 15.4. The molecule has 0 saturated heterocycles. The van der Waals surface area contributed by atoms with Crippen LogP contribution in [0.25, 0.3) is 11.6 Å².